The van der Waals surface area contributed by atoms with Gasteiger partial charge >= 0.3 is 0 Å². The van der Waals surface area contributed by atoms with Crippen molar-refractivity contribution in [3.05, 3.63) is 24.5 Å². The quantitative estimate of drug-likeness (QED) is 0.719. The van der Waals surface area contributed by atoms with E-state index in [9.17, 15) is 4.79 Å². The number of anilines is 1. The Labute approximate surface area is 77.2 Å². The number of carbonyl (C=O) groups excluding carboxylic acids is 1. The number of rotatable bonds is 3. The summed E-state index contributed by atoms with van der Waals surface area (Å²) in [5.41, 5.74) is 6.22. The van der Waals surface area contributed by atoms with E-state index in [0.29, 0.717) is 6.42 Å². The van der Waals surface area contributed by atoms with Crippen molar-refractivity contribution in [3.8, 4) is 0 Å². The number of amides is 1. The molecule has 0 aliphatic rings. The molecule has 1 heterocycles. The molecule has 0 saturated heterocycles. The van der Waals surface area contributed by atoms with Gasteiger partial charge in [0.15, 0.2) is 0 Å². The molecule has 0 aromatic carbocycles. The molecule has 0 aliphatic carbocycles. The molecular weight excluding hydrogens is 166 g/mol. The largest absolute Gasteiger partial charge is 0.327 e. The Morgan fingerprint density at radius 1 is 1.62 bits per heavy atom. The van der Waals surface area contributed by atoms with Gasteiger partial charge in [-0.25, -0.2) is 0 Å². The first-order valence-corrected chi connectivity index (χ1v) is 4.14. The molecule has 1 aromatic heterocycles. The lowest BCUT2D eigenvalue weighted by molar-refractivity contribution is -0.116. The Hall–Kier alpha value is -1.42. The van der Waals surface area contributed by atoms with E-state index in [4.69, 9.17) is 5.73 Å². The van der Waals surface area contributed by atoms with Crippen LogP contribution < -0.4 is 11.1 Å². The van der Waals surface area contributed by atoms with E-state index in [0.717, 1.165) is 5.69 Å². The molecule has 1 amide bonds. The van der Waals surface area contributed by atoms with Crippen molar-refractivity contribution in [2.75, 3.05) is 5.32 Å². The van der Waals surface area contributed by atoms with E-state index in [1.54, 1.807) is 31.5 Å². The molecule has 0 fully saturated rings. The summed E-state index contributed by atoms with van der Waals surface area (Å²) in [4.78, 5) is 15.0. The summed E-state index contributed by atoms with van der Waals surface area (Å²) >= 11 is 0. The zero-order valence-electron chi connectivity index (χ0n) is 7.53. The highest BCUT2D eigenvalue weighted by atomic mass is 16.1. The van der Waals surface area contributed by atoms with E-state index in [-0.39, 0.29) is 11.9 Å². The van der Waals surface area contributed by atoms with Gasteiger partial charge in [-0.2, -0.15) is 0 Å². The van der Waals surface area contributed by atoms with Crippen LogP contribution in [0.1, 0.15) is 13.3 Å². The number of aromatic nitrogens is 1. The van der Waals surface area contributed by atoms with Gasteiger partial charge in [-0.15, -0.1) is 0 Å². The maximum Gasteiger partial charge on any atom is 0.225 e. The summed E-state index contributed by atoms with van der Waals surface area (Å²) in [6.45, 7) is 1.80. The molecule has 1 aromatic rings. The number of nitrogens with two attached hydrogens (primary N) is 1. The van der Waals surface area contributed by atoms with Crippen molar-refractivity contribution < 1.29 is 4.79 Å². The molecule has 1 unspecified atom stereocenters. The van der Waals surface area contributed by atoms with E-state index in [1.165, 1.54) is 0 Å². The lowest BCUT2D eigenvalue weighted by atomic mass is 10.2. The Kier molecular flexibility index (Phi) is 3.40. The second-order valence-corrected chi connectivity index (χ2v) is 2.97. The number of pyridine rings is 1. The predicted molar refractivity (Wildman–Crippen MR) is 51.1 cm³/mol. The van der Waals surface area contributed by atoms with Crippen LogP contribution in [-0.2, 0) is 4.79 Å². The van der Waals surface area contributed by atoms with Crippen molar-refractivity contribution >= 4 is 11.6 Å². The minimum absolute atomic E-state index is 0.0683. The van der Waals surface area contributed by atoms with Crippen LogP contribution in [0.15, 0.2) is 24.5 Å². The minimum atomic E-state index is -0.109. The Morgan fingerprint density at radius 2 is 2.23 bits per heavy atom. The van der Waals surface area contributed by atoms with Gasteiger partial charge in [0.2, 0.25) is 5.91 Å². The molecule has 13 heavy (non-hydrogen) atoms. The second kappa shape index (κ2) is 4.57. The average Bonchev–Trinajstić information content (AvgIpc) is 2.04. The third kappa shape index (κ3) is 3.66. The topological polar surface area (TPSA) is 68.0 Å². The summed E-state index contributed by atoms with van der Waals surface area (Å²) in [5, 5.41) is 2.71. The molecule has 1 rings (SSSR count). The maximum atomic E-state index is 11.2. The Balaban J connectivity index is 2.46. The van der Waals surface area contributed by atoms with Gasteiger partial charge in [-0.1, -0.05) is 0 Å². The van der Waals surface area contributed by atoms with Gasteiger partial charge in [0.1, 0.15) is 0 Å². The minimum Gasteiger partial charge on any atom is -0.327 e. The number of nitrogens with zero attached hydrogens (tertiary/aromatic N) is 1. The molecule has 0 aliphatic heterocycles. The highest BCUT2D eigenvalue weighted by molar-refractivity contribution is 5.90. The van der Waals surface area contributed by atoms with E-state index in [1.807, 2.05) is 0 Å². The molecule has 0 bridgehead atoms. The molecule has 0 spiro atoms. The highest BCUT2D eigenvalue weighted by Gasteiger charge is 2.04. The summed E-state index contributed by atoms with van der Waals surface area (Å²) in [6.07, 6.45) is 3.59. The molecule has 0 radical (unpaired) electrons. The molecular formula is C9H13N3O. The number of carbonyl (C=O) groups is 1. The van der Waals surface area contributed by atoms with Gasteiger partial charge in [0.25, 0.3) is 0 Å². The Morgan fingerprint density at radius 3 is 2.77 bits per heavy atom. The fraction of sp³-hybridized carbons (Fsp3) is 0.333. The fourth-order valence-electron chi connectivity index (χ4n) is 0.940. The van der Waals surface area contributed by atoms with Crippen molar-refractivity contribution in [3.63, 3.8) is 0 Å². The number of hydrogen-bond acceptors (Lipinski definition) is 3. The van der Waals surface area contributed by atoms with Gasteiger partial charge < -0.3 is 11.1 Å². The zero-order valence-corrected chi connectivity index (χ0v) is 7.53. The monoisotopic (exact) mass is 179 g/mol. The maximum absolute atomic E-state index is 11.2. The first-order chi connectivity index (χ1) is 6.18. The lowest BCUT2D eigenvalue weighted by Crippen LogP contribution is -2.23. The number of nitrogens with one attached hydrogen (secondary N) is 1. The van der Waals surface area contributed by atoms with Crippen molar-refractivity contribution in [2.45, 2.75) is 19.4 Å². The van der Waals surface area contributed by atoms with E-state index < -0.39 is 0 Å². The third-order valence-corrected chi connectivity index (χ3v) is 1.47. The molecule has 4 heteroatoms. The van der Waals surface area contributed by atoms with Crippen LogP contribution in [-0.4, -0.2) is 16.9 Å². The van der Waals surface area contributed by atoms with Crippen LogP contribution in [0.25, 0.3) is 0 Å². The Bertz CT molecular complexity index is 271. The van der Waals surface area contributed by atoms with Gasteiger partial charge in [-0.05, 0) is 19.1 Å². The summed E-state index contributed by atoms with van der Waals surface area (Å²) in [7, 11) is 0. The average molecular weight is 179 g/mol. The third-order valence-electron chi connectivity index (χ3n) is 1.47. The first-order valence-electron chi connectivity index (χ1n) is 4.14. The van der Waals surface area contributed by atoms with Gasteiger partial charge in [0.05, 0.1) is 0 Å². The molecule has 70 valence electrons. The van der Waals surface area contributed by atoms with Crippen molar-refractivity contribution in [2.24, 2.45) is 5.73 Å². The van der Waals surface area contributed by atoms with Crippen LogP contribution >= 0.6 is 0 Å². The van der Waals surface area contributed by atoms with Crippen LogP contribution in [0, 0.1) is 0 Å². The highest BCUT2D eigenvalue weighted by Crippen LogP contribution is 2.03. The zero-order chi connectivity index (χ0) is 9.68. The van der Waals surface area contributed by atoms with Crippen LogP contribution in [0.5, 0.6) is 0 Å². The fourth-order valence-corrected chi connectivity index (χ4v) is 0.940. The summed E-state index contributed by atoms with van der Waals surface area (Å²) in [6, 6.07) is 3.36. The van der Waals surface area contributed by atoms with Crippen LogP contribution in [0.3, 0.4) is 0 Å². The molecule has 0 saturated carbocycles. The molecule has 1 atom stereocenters. The van der Waals surface area contributed by atoms with Crippen molar-refractivity contribution in [1.82, 2.24) is 4.98 Å². The van der Waals surface area contributed by atoms with E-state index >= 15 is 0 Å². The van der Waals surface area contributed by atoms with Crippen LogP contribution in [0.4, 0.5) is 5.69 Å². The smallest absolute Gasteiger partial charge is 0.225 e. The molecule has 3 N–H and O–H groups in total. The normalized spacial score (nSPS) is 12.2. The SMILES string of the molecule is CC(N)CC(=O)Nc1ccncc1. The standard InChI is InChI=1S/C9H13N3O/c1-7(10)6-9(13)12-8-2-4-11-5-3-8/h2-5,7H,6,10H2,1H3,(H,11,12,13). The van der Waals surface area contributed by atoms with Crippen LogP contribution in [0.2, 0.25) is 0 Å². The molecule has 4 nitrogen and oxygen atoms in total. The lowest BCUT2D eigenvalue weighted by Gasteiger charge is -2.06. The predicted octanol–water partition coefficient (Wildman–Crippen LogP) is 0.757. The first kappa shape index (κ1) is 9.67. The van der Waals surface area contributed by atoms with Crippen molar-refractivity contribution in [1.29, 1.82) is 0 Å². The number of hydrogen-bond donors (Lipinski definition) is 2. The summed E-state index contributed by atoms with van der Waals surface area (Å²) < 4.78 is 0. The second-order valence-electron chi connectivity index (χ2n) is 2.97. The van der Waals surface area contributed by atoms with Gasteiger partial charge in [-0.3, -0.25) is 9.78 Å². The van der Waals surface area contributed by atoms with E-state index in [2.05, 4.69) is 10.3 Å². The van der Waals surface area contributed by atoms with Gasteiger partial charge in [0, 0.05) is 30.5 Å². The summed E-state index contributed by atoms with van der Waals surface area (Å²) in [5.74, 6) is -0.0683.